The SMILES string of the molecule is Cc1nc(N2C3CC[C@@H]2CC(CC#N)C3)n2nc(CCC(C)(F)F)cc2n1. The van der Waals surface area contributed by atoms with E-state index in [1.165, 1.54) is 0 Å². The normalized spacial score (nSPS) is 25.1. The number of alkyl halides is 2. The van der Waals surface area contributed by atoms with Crippen molar-refractivity contribution in [3.63, 3.8) is 0 Å². The third kappa shape index (κ3) is 3.60. The highest BCUT2D eigenvalue weighted by Crippen LogP contribution is 2.42. The summed E-state index contributed by atoms with van der Waals surface area (Å²) in [4.78, 5) is 11.4. The summed E-state index contributed by atoms with van der Waals surface area (Å²) in [6.07, 6.45) is 4.75. The van der Waals surface area contributed by atoms with Crippen LogP contribution >= 0.6 is 0 Å². The van der Waals surface area contributed by atoms with Crippen molar-refractivity contribution in [2.75, 3.05) is 4.90 Å². The molecule has 0 aliphatic carbocycles. The predicted molar refractivity (Wildman–Crippen MR) is 96.7 cm³/mol. The van der Waals surface area contributed by atoms with E-state index in [1.807, 2.05) is 6.92 Å². The number of aryl methyl sites for hydroxylation is 2. The smallest absolute Gasteiger partial charge is 0.245 e. The number of aromatic nitrogens is 4. The molecule has 2 aliphatic heterocycles. The molecule has 0 spiro atoms. The third-order valence-electron chi connectivity index (χ3n) is 5.73. The number of rotatable bonds is 5. The lowest BCUT2D eigenvalue weighted by atomic mass is 9.89. The van der Waals surface area contributed by atoms with Gasteiger partial charge in [0.2, 0.25) is 11.9 Å². The van der Waals surface area contributed by atoms with Crippen molar-refractivity contribution in [1.29, 1.82) is 5.26 Å². The van der Waals surface area contributed by atoms with Crippen molar-refractivity contribution in [2.24, 2.45) is 5.92 Å². The zero-order valence-electron chi connectivity index (χ0n) is 15.7. The second kappa shape index (κ2) is 6.70. The minimum atomic E-state index is -2.71. The maximum absolute atomic E-state index is 13.2. The van der Waals surface area contributed by atoms with Gasteiger partial charge in [-0.1, -0.05) is 0 Å². The number of hydrogen-bond acceptors (Lipinski definition) is 5. The second-order valence-electron chi connectivity index (χ2n) is 8.04. The Hall–Kier alpha value is -2.30. The molecular formula is C19H24F2N6. The maximum Gasteiger partial charge on any atom is 0.245 e. The molecule has 0 N–H and O–H groups in total. The summed E-state index contributed by atoms with van der Waals surface area (Å²) in [7, 11) is 0. The van der Waals surface area contributed by atoms with Crippen LogP contribution in [0.15, 0.2) is 6.07 Å². The van der Waals surface area contributed by atoms with E-state index in [0.29, 0.717) is 41.6 Å². The third-order valence-corrected chi connectivity index (χ3v) is 5.73. The summed E-state index contributed by atoms with van der Waals surface area (Å²) in [5.74, 6) is -0.845. The summed E-state index contributed by atoms with van der Waals surface area (Å²) in [6.45, 7) is 2.78. The minimum Gasteiger partial charge on any atom is -0.335 e. The summed E-state index contributed by atoms with van der Waals surface area (Å²) in [6, 6.07) is 4.80. The molecule has 144 valence electrons. The molecule has 2 aliphatic rings. The standard InChI is InChI=1S/C19H24F2N6/c1-12-23-17-11-14(5-7-19(2,20)21)25-27(17)18(24-12)26-15-3-4-16(26)10-13(9-15)6-8-22/h11,13,15-16H,3-7,9-10H2,1-2H3/t13?,15-,16?/m1/s1. The van der Waals surface area contributed by atoms with Crippen LogP contribution in [0.3, 0.4) is 0 Å². The zero-order chi connectivity index (χ0) is 19.2. The molecule has 0 saturated carbocycles. The zero-order valence-corrected chi connectivity index (χ0v) is 15.7. The number of nitriles is 1. The molecule has 3 atom stereocenters. The fourth-order valence-corrected chi connectivity index (χ4v) is 4.58. The van der Waals surface area contributed by atoms with Crippen LogP contribution in [0.4, 0.5) is 14.7 Å². The molecule has 0 amide bonds. The van der Waals surface area contributed by atoms with Crippen molar-refractivity contribution < 1.29 is 8.78 Å². The van der Waals surface area contributed by atoms with Gasteiger partial charge >= 0.3 is 0 Å². The van der Waals surface area contributed by atoms with E-state index < -0.39 is 5.92 Å². The molecule has 2 bridgehead atoms. The van der Waals surface area contributed by atoms with Gasteiger partial charge in [-0.2, -0.15) is 19.9 Å². The second-order valence-corrected chi connectivity index (χ2v) is 8.04. The van der Waals surface area contributed by atoms with Crippen LogP contribution in [0.2, 0.25) is 0 Å². The Bertz CT molecular complexity index is 867. The van der Waals surface area contributed by atoms with E-state index in [2.05, 4.69) is 26.0 Å². The molecule has 2 aromatic rings. The van der Waals surface area contributed by atoms with Crippen molar-refractivity contribution in [3.8, 4) is 6.07 Å². The topological polar surface area (TPSA) is 70.1 Å². The summed E-state index contributed by atoms with van der Waals surface area (Å²) in [5.41, 5.74) is 1.27. The summed E-state index contributed by atoms with van der Waals surface area (Å²) < 4.78 is 28.1. The Morgan fingerprint density at radius 1 is 1.26 bits per heavy atom. The van der Waals surface area contributed by atoms with Gasteiger partial charge in [0.25, 0.3) is 0 Å². The highest BCUT2D eigenvalue weighted by Gasteiger charge is 2.42. The van der Waals surface area contributed by atoms with Gasteiger partial charge in [-0.15, -0.1) is 0 Å². The summed E-state index contributed by atoms with van der Waals surface area (Å²) in [5, 5.41) is 13.6. The molecule has 2 fully saturated rings. The first-order valence-electron chi connectivity index (χ1n) is 9.60. The number of halogens is 2. The van der Waals surface area contributed by atoms with Crippen LogP contribution in [0.5, 0.6) is 0 Å². The lowest BCUT2D eigenvalue weighted by Crippen LogP contribution is -2.44. The van der Waals surface area contributed by atoms with Gasteiger partial charge in [0, 0.05) is 31.0 Å². The van der Waals surface area contributed by atoms with E-state index in [-0.39, 0.29) is 12.8 Å². The molecule has 2 unspecified atom stereocenters. The Labute approximate surface area is 157 Å². The average molecular weight is 374 g/mol. The molecule has 27 heavy (non-hydrogen) atoms. The molecule has 4 heterocycles. The number of piperidine rings is 1. The first kappa shape index (κ1) is 18.1. The van der Waals surface area contributed by atoms with Gasteiger partial charge in [-0.25, -0.2) is 13.8 Å². The fraction of sp³-hybridized carbons (Fsp3) is 0.684. The highest BCUT2D eigenvalue weighted by atomic mass is 19.3. The quantitative estimate of drug-likeness (QED) is 0.798. The van der Waals surface area contributed by atoms with E-state index in [1.54, 1.807) is 10.6 Å². The lowest BCUT2D eigenvalue weighted by molar-refractivity contribution is 0.0130. The van der Waals surface area contributed by atoms with Crippen LogP contribution in [-0.4, -0.2) is 37.6 Å². The van der Waals surface area contributed by atoms with E-state index >= 15 is 0 Å². The molecule has 8 heteroatoms. The average Bonchev–Trinajstić information content (AvgIpc) is 3.10. The maximum atomic E-state index is 13.2. The number of anilines is 1. The van der Waals surface area contributed by atoms with Crippen LogP contribution < -0.4 is 4.90 Å². The molecule has 6 nitrogen and oxygen atoms in total. The van der Waals surface area contributed by atoms with Gasteiger partial charge in [0.15, 0.2) is 5.65 Å². The number of fused-ring (bicyclic) bond motifs is 3. The minimum absolute atomic E-state index is 0.211. The molecule has 2 aromatic heterocycles. The molecular weight excluding hydrogens is 350 g/mol. The van der Waals surface area contributed by atoms with E-state index in [0.717, 1.165) is 38.6 Å². The molecule has 0 aromatic carbocycles. The molecule has 2 saturated heterocycles. The van der Waals surface area contributed by atoms with Gasteiger partial charge in [-0.3, -0.25) is 0 Å². The van der Waals surface area contributed by atoms with Crippen molar-refractivity contribution in [3.05, 3.63) is 17.6 Å². The molecule has 0 radical (unpaired) electrons. The van der Waals surface area contributed by atoms with Crippen LogP contribution in [0.25, 0.3) is 5.65 Å². The molecule has 4 rings (SSSR count). The Morgan fingerprint density at radius 2 is 1.96 bits per heavy atom. The Morgan fingerprint density at radius 3 is 2.59 bits per heavy atom. The van der Waals surface area contributed by atoms with E-state index in [9.17, 15) is 8.78 Å². The van der Waals surface area contributed by atoms with Gasteiger partial charge in [0.05, 0.1) is 11.8 Å². The fourth-order valence-electron chi connectivity index (χ4n) is 4.58. The van der Waals surface area contributed by atoms with Gasteiger partial charge in [-0.05, 0) is 51.9 Å². The predicted octanol–water partition coefficient (Wildman–Crippen LogP) is 3.68. The first-order valence-corrected chi connectivity index (χ1v) is 9.60. The lowest BCUT2D eigenvalue weighted by Gasteiger charge is -2.39. The van der Waals surface area contributed by atoms with Crippen LogP contribution in [0, 0.1) is 24.2 Å². The van der Waals surface area contributed by atoms with Crippen LogP contribution in [-0.2, 0) is 6.42 Å². The summed E-state index contributed by atoms with van der Waals surface area (Å²) >= 11 is 0. The highest BCUT2D eigenvalue weighted by molar-refractivity contribution is 5.49. The number of hydrogen-bond donors (Lipinski definition) is 0. The van der Waals surface area contributed by atoms with Crippen LogP contribution in [0.1, 0.15) is 57.0 Å². The Balaban J connectivity index is 1.66. The largest absolute Gasteiger partial charge is 0.335 e. The first-order chi connectivity index (χ1) is 12.8. The van der Waals surface area contributed by atoms with Crippen molar-refractivity contribution >= 4 is 11.6 Å². The van der Waals surface area contributed by atoms with Gasteiger partial charge < -0.3 is 4.90 Å². The monoisotopic (exact) mass is 374 g/mol. The van der Waals surface area contributed by atoms with Crippen molar-refractivity contribution in [1.82, 2.24) is 19.6 Å². The van der Waals surface area contributed by atoms with Gasteiger partial charge in [0.1, 0.15) is 5.82 Å². The van der Waals surface area contributed by atoms with Crippen molar-refractivity contribution in [2.45, 2.75) is 76.8 Å². The Kier molecular flexibility index (Phi) is 4.49. The number of nitrogens with zero attached hydrogens (tertiary/aromatic N) is 6. The van der Waals surface area contributed by atoms with E-state index in [4.69, 9.17) is 5.26 Å².